The fraction of sp³-hybridized carbons (Fsp3) is 0.646. The van der Waals surface area contributed by atoms with Crippen LogP contribution in [0, 0.1) is 30.6 Å². The number of likely N-dealkylation sites (tertiary alicyclic amines) is 1. The first-order chi connectivity index (χ1) is 29.3. The van der Waals surface area contributed by atoms with Crippen molar-refractivity contribution in [3.63, 3.8) is 0 Å². The number of amides is 5. The fourth-order valence-corrected chi connectivity index (χ4v) is 8.62. The number of ether oxygens (including phenoxy) is 3. The highest BCUT2D eigenvalue weighted by atomic mass is 16.6. The minimum atomic E-state index is -0.944. The third-order valence-corrected chi connectivity index (χ3v) is 12.6. The number of carbonyl (C=O) groups is 5. The van der Waals surface area contributed by atoms with Crippen molar-refractivity contribution in [2.75, 3.05) is 34.9 Å². The van der Waals surface area contributed by atoms with Crippen LogP contribution in [0.15, 0.2) is 54.6 Å². The van der Waals surface area contributed by atoms with Crippen LogP contribution >= 0.6 is 0 Å². The van der Waals surface area contributed by atoms with Gasteiger partial charge in [-0.05, 0) is 55.6 Å². The summed E-state index contributed by atoms with van der Waals surface area (Å²) in [6, 6.07) is 13.4. The molecule has 10 atom stereocenters. The zero-order valence-electron chi connectivity index (χ0n) is 39.4. The van der Waals surface area contributed by atoms with Crippen molar-refractivity contribution in [1.29, 1.82) is 0 Å². The Morgan fingerprint density at radius 3 is 2.02 bits per heavy atom. The summed E-state index contributed by atoms with van der Waals surface area (Å²) in [4.78, 5) is 74.3. The van der Waals surface area contributed by atoms with Gasteiger partial charge in [0.2, 0.25) is 23.6 Å². The van der Waals surface area contributed by atoms with Gasteiger partial charge in [0, 0.05) is 34.9 Å². The number of hydrogen-bond acceptors (Lipinski definition) is 9. The summed E-state index contributed by atoms with van der Waals surface area (Å²) in [5.41, 5.74) is 2.61. The lowest BCUT2D eigenvalue weighted by Crippen LogP contribution is -2.60. The van der Waals surface area contributed by atoms with Crippen LogP contribution in [0.3, 0.4) is 0 Å². The second-order valence-electron chi connectivity index (χ2n) is 17.8. The minimum absolute atomic E-state index is 0.0272. The van der Waals surface area contributed by atoms with Gasteiger partial charge in [0.25, 0.3) is 0 Å². The number of benzene rings is 2. The molecule has 1 fully saturated rings. The first-order valence-electron chi connectivity index (χ1n) is 22.2. The van der Waals surface area contributed by atoms with Crippen molar-refractivity contribution in [3.05, 3.63) is 71.3 Å². The van der Waals surface area contributed by atoms with Crippen molar-refractivity contribution in [1.82, 2.24) is 25.3 Å². The molecule has 1 aliphatic rings. The van der Waals surface area contributed by atoms with Gasteiger partial charge in [-0.25, -0.2) is 4.79 Å². The van der Waals surface area contributed by atoms with Crippen LogP contribution in [0.5, 0.6) is 0 Å². The Morgan fingerprint density at radius 1 is 0.839 bits per heavy atom. The van der Waals surface area contributed by atoms with Crippen molar-refractivity contribution in [3.8, 4) is 0 Å². The van der Waals surface area contributed by atoms with Crippen LogP contribution in [0.2, 0.25) is 0 Å². The number of aliphatic hydroxyl groups is 1. The molecule has 3 rings (SSSR count). The Kier molecular flexibility index (Phi) is 20.4. The molecule has 14 heteroatoms. The van der Waals surface area contributed by atoms with E-state index in [0.29, 0.717) is 24.9 Å². The summed E-state index contributed by atoms with van der Waals surface area (Å²) < 4.78 is 17.6. The molecule has 3 N–H and O–H groups in total. The lowest BCUT2D eigenvalue weighted by molar-refractivity contribution is -0.148. The topological polar surface area (TPSA) is 167 Å². The maximum Gasteiger partial charge on any atom is 0.410 e. The maximum atomic E-state index is 14.5. The normalized spacial score (nSPS) is 18.5. The molecule has 0 aliphatic carbocycles. The molecule has 1 aliphatic heterocycles. The quantitative estimate of drug-likeness (QED) is 0.131. The van der Waals surface area contributed by atoms with Gasteiger partial charge in [-0.3, -0.25) is 24.1 Å². The number of likely N-dealkylation sites (N-methyl/N-ethyl adjacent to an activating group) is 2. The number of aryl methyl sites for hydroxylation is 1. The Balaban J connectivity index is 1.75. The average Bonchev–Trinajstić information content (AvgIpc) is 3.74. The highest BCUT2D eigenvalue weighted by molar-refractivity contribution is 5.91. The van der Waals surface area contributed by atoms with E-state index in [0.717, 1.165) is 17.5 Å². The van der Waals surface area contributed by atoms with Crippen molar-refractivity contribution >= 4 is 29.7 Å². The van der Waals surface area contributed by atoms with Gasteiger partial charge in [-0.15, -0.1) is 0 Å². The van der Waals surface area contributed by atoms with E-state index in [1.807, 2.05) is 103 Å². The van der Waals surface area contributed by atoms with Gasteiger partial charge in [0.1, 0.15) is 18.7 Å². The van der Waals surface area contributed by atoms with Crippen molar-refractivity contribution in [2.24, 2.45) is 23.7 Å². The molecule has 0 aromatic heterocycles. The molecule has 14 nitrogen and oxygen atoms in total. The van der Waals surface area contributed by atoms with Gasteiger partial charge in [-0.1, -0.05) is 115 Å². The molecule has 1 saturated heterocycles. The SMILES string of the molecule is CC[C@H](C)[C@@H](C(CC(=O)N1CCC[C@H]1[C@H](OC)[C@@H](C)C(=O)N[C@H](C)[C@@H](O)c1ccccc1)OC)N(C)C(=O)[C@@H](NC(=O)[C@H](C(C)C)N(C)C(=O)OCc1ccc(C)cc1)C(C)C. The van der Waals surface area contributed by atoms with Crippen molar-refractivity contribution in [2.45, 2.75) is 143 Å². The van der Waals surface area contributed by atoms with E-state index < -0.39 is 60.4 Å². The smallest absolute Gasteiger partial charge is 0.410 e. The predicted octanol–water partition coefficient (Wildman–Crippen LogP) is 5.89. The molecule has 346 valence electrons. The highest BCUT2D eigenvalue weighted by Crippen LogP contribution is 2.30. The van der Waals surface area contributed by atoms with E-state index >= 15 is 0 Å². The summed E-state index contributed by atoms with van der Waals surface area (Å²) >= 11 is 0. The van der Waals surface area contributed by atoms with Gasteiger partial charge >= 0.3 is 6.09 Å². The second-order valence-corrected chi connectivity index (χ2v) is 17.8. The molecule has 2 aromatic rings. The van der Waals surface area contributed by atoms with E-state index in [-0.39, 0.29) is 54.5 Å². The Morgan fingerprint density at radius 2 is 1.47 bits per heavy atom. The van der Waals surface area contributed by atoms with Crippen LogP contribution in [0.25, 0.3) is 0 Å². The lowest BCUT2D eigenvalue weighted by Gasteiger charge is -2.41. The van der Waals surface area contributed by atoms with Gasteiger partial charge < -0.3 is 39.8 Å². The zero-order valence-corrected chi connectivity index (χ0v) is 39.4. The maximum absolute atomic E-state index is 14.5. The summed E-state index contributed by atoms with van der Waals surface area (Å²) in [6.07, 6.45) is -0.844. The standard InChI is InChI=1S/C48H75N5O9/c1-14-32(7)42(51(10)47(58)40(29(2)3)50-46(57)41(30(4)5)52(11)48(59)62-28-35-24-22-31(6)23-25-35)38(60-12)27-39(54)53-26-18-21-37(53)44(61-13)33(8)45(56)49-34(9)43(55)36-19-16-15-17-20-36/h15-17,19-20,22-25,29-30,32-34,37-38,40-44,55H,14,18,21,26-28H2,1-13H3,(H,49,56)(H,50,57)/t32-,33+,34+,37-,38?,40-,41-,42-,43+,44+/m0/s1. The number of nitrogens with one attached hydrogen (secondary N) is 2. The molecular weight excluding hydrogens is 791 g/mol. The number of methoxy groups -OCH3 is 2. The molecule has 62 heavy (non-hydrogen) atoms. The zero-order chi connectivity index (χ0) is 46.4. The van der Waals surface area contributed by atoms with Gasteiger partial charge in [-0.2, -0.15) is 0 Å². The van der Waals surface area contributed by atoms with E-state index in [4.69, 9.17) is 14.2 Å². The van der Waals surface area contributed by atoms with Crippen molar-refractivity contribution < 1.29 is 43.3 Å². The third-order valence-electron chi connectivity index (χ3n) is 12.6. The minimum Gasteiger partial charge on any atom is -0.445 e. The predicted molar refractivity (Wildman–Crippen MR) is 240 cm³/mol. The molecule has 0 spiro atoms. The highest BCUT2D eigenvalue weighted by Gasteiger charge is 2.43. The van der Waals surface area contributed by atoms with Crippen LogP contribution in [0.4, 0.5) is 4.79 Å². The molecule has 1 unspecified atom stereocenters. The Bertz CT molecular complexity index is 1740. The lowest BCUT2D eigenvalue weighted by atomic mass is 9.89. The third kappa shape index (κ3) is 13.5. The van der Waals surface area contributed by atoms with Crippen LogP contribution < -0.4 is 10.6 Å². The number of aliphatic hydroxyl groups excluding tert-OH is 1. The van der Waals surface area contributed by atoms with Crippen LogP contribution in [-0.4, -0.2) is 127 Å². The number of rotatable bonds is 22. The second kappa shape index (κ2) is 24.4. The Hall–Kier alpha value is -4.53. The summed E-state index contributed by atoms with van der Waals surface area (Å²) in [5.74, 6) is -2.65. The number of nitrogens with zero attached hydrogens (tertiary/aromatic N) is 3. The molecule has 0 bridgehead atoms. The summed E-state index contributed by atoms with van der Waals surface area (Å²) in [7, 11) is 6.28. The number of carbonyl (C=O) groups excluding carboxylic acids is 5. The van der Waals surface area contributed by atoms with Crippen LogP contribution in [0.1, 0.15) is 104 Å². The number of hydrogen-bond donors (Lipinski definition) is 3. The van der Waals surface area contributed by atoms with E-state index in [9.17, 15) is 29.1 Å². The molecule has 2 aromatic carbocycles. The molecule has 5 amide bonds. The first kappa shape index (κ1) is 51.8. The Labute approximate surface area is 370 Å². The average molecular weight is 866 g/mol. The van der Waals surface area contributed by atoms with Crippen LogP contribution in [-0.2, 0) is 40.0 Å². The van der Waals surface area contributed by atoms with Gasteiger partial charge in [0.15, 0.2) is 0 Å². The first-order valence-corrected chi connectivity index (χ1v) is 22.2. The monoisotopic (exact) mass is 866 g/mol. The summed E-state index contributed by atoms with van der Waals surface area (Å²) in [5, 5.41) is 16.8. The van der Waals surface area contributed by atoms with E-state index in [1.54, 1.807) is 37.8 Å². The fourth-order valence-electron chi connectivity index (χ4n) is 8.62. The summed E-state index contributed by atoms with van der Waals surface area (Å²) in [6.45, 7) is 17.4. The molecule has 1 heterocycles. The molecule has 0 radical (unpaired) electrons. The van der Waals surface area contributed by atoms with E-state index in [1.165, 1.54) is 19.1 Å². The molecular formula is C48H75N5O9. The van der Waals surface area contributed by atoms with Gasteiger partial charge in [0.05, 0.1) is 48.8 Å². The molecule has 0 saturated carbocycles. The van der Waals surface area contributed by atoms with E-state index in [2.05, 4.69) is 10.6 Å². The largest absolute Gasteiger partial charge is 0.445 e.